The quantitative estimate of drug-likeness (QED) is 0.172. The van der Waals surface area contributed by atoms with Crippen LogP contribution in [0.4, 0.5) is 0 Å². The van der Waals surface area contributed by atoms with Crippen molar-refractivity contribution in [2.45, 2.75) is 19.3 Å². The predicted molar refractivity (Wildman–Crippen MR) is 210 cm³/mol. The van der Waals surface area contributed by atoms with Crippen LogP contribution in [0, 0.1) is 0 Å². The Labute approximate surface area is 286 Å². The molecule has 230 valence electrons. The van der Waals surface area contributed by atoms with Crippen molar-refractivity contribution in [1.82, 2.24) is 0 Å². The molecule has 10 rings (SSSR count). The normalized spacial score (nSPS) is 13.3. The maximum absolute atomic E-state index is 2.46. The summed E-state index contributed by atoms with van der Waals surface area (Å²) in [5, 5.41) is 10.3. The highest BCUT2D eigenvalue weighted by atomic mass is 14.4. The summed E-state index contributed by atoms with van der Waals surface area (Å²) in [5.74, 6) is 0. The van der Waals surface area contributed by atoms with E-state index in [1.807, 2.05) is 0 Å². The molecule has 0 amide bonds. The van der Waals surface area contributed by atoms with Gasteiger partial charge >= 0.3 is 0 Å². The van der Waals surface area contributed by atoms with Gasteiger partial charge in [0, 0.05) is 5.41 Å². The molecule has 1 aliphatic carbocycles. The summed E-state index contributed by atoms with van der Waals surface area (Å²) in [6, 6.07) is 63.1. The fraction of sp³-hybridized carbons (Fsp3) is 0.0612. The molecule has 0 saturated carbocycles. The van der Waals surface area contributed by atoms with Gasteiger partial charge in [-0.1, -0.05) is 166 Å². The molecule has 0 saturated heterocycles. The Hall–Kier alpha value is -5.98. The van der Waals surface area contributed by atoms with Crippen molar-refractivity contribution in [3.05, 3.63) is 181 Å². The van der Waals surface area contributed by atoms with Crippen molar-refractivity contribution < 1.29 is 0 Å². The van der Waals surface area contributed by atoms with Crippen LogP contribution in [0.1, 0.15) is 25.0 Å². The van der Waals surface area contributed by atoms with Gasteiger partial charge in [-0.2, -0.15) is 0 Å². The monoisotopic (exact) mass is 622 g/mol. The molecule has 0 heterocycles. The van der Waals surface area contributed by atoms with Crippen LogP contribution in [0.25, 0.3) is 87.6 Å². The van der Waals surface area contributed by atoms with Crippen molar-refractivity contribution in [3.63, 3.8) is 0 Å². The van der Waals surface area contributed by atoms with Crippen LogP contribution in [0.2, 0.25) is 0 Å². The van der Waals surface area contributed by atoms with Crippen molar-refractivity contribution in [3.8, 4) is 44.5 Å². The first-order valence-electron chi connectivity index (χ1n) is 17.3. The third kappa shape index (κ3) is 4.11. The van der Waals surface area contributed by atoms with Crippen LogP contribution in [0.3, 0.4) is 0 Å². The highest BCUT2D eigenvalue weighted by Gasteiger charge is 2.37. The van der Waals surface area contributed by atoms with Gasteiger partial charge in [0.25, 0.3) is 0 Å². The van der Waals surface area contributed by atoms with E-state index >= 15 is 0 Å². The molecule has 0 spiro atoms. The topological polar surface area (TPSA) is 0 Å². The van der Waals surface area contributed by atoms with Crippen molar-refractivity contribution in [2.24, 2.45) is 0 Å². The lowest BCUT2D eigenvalue weighted by atomic mass is 9.79. The van der Waals surface area contributed by atoms with Gasteiger partial charge in [-0.05, 0) is 117 Å². The molecule has 0 fully saturated rings. The SMILES string of the molecule is CC1(C)c2cc(-c3cc(-c4c5ccccc5c(-c5ccccc5)c5ccccc45)c4ccccc4c3)ccc2-c2ccc3ccccc3c21. The molecule has 0 bridgehead atoms. The van der Waals surface area contributed by atoms with Gasteiger partial charge in [-0.3, -0.25) is 0 Å². The lowest BCUT2D eigenvalue weighted by Gasteiger charge is -2.24. The first-order valence-corrected chi connectivity index (χ1v) is 17.3. The fourth-order valence-electron chi connectivity index (χ4n) is 8.80. The fourth-order valence-corrected chi connectivity index (χ4v) is 8.80. The van der Waals surface area contributed by atoms with Crippen LogP contribution >= 0.6 is 0 Å². The lowest BCUT2D eigenvalue weighted by Crippen LogP contribution is -2.15. The lowest BCUT2D eigenvalue weighted by molar-refractivity contribution is 0.666. The van der Waals surface area contributed by atoms with Gasteiger partial charge in [-0.25, -0.2) is 0 Å². The number of hydrogen-bond donors (Lipinski definition) is 0. The van der Waals surface area contributed by atoms with E-state index < -0.39 is 0 Å². The molecule has 0 unspecified atom stereocenters. The summed E-state index contributed by atoms with van der Waals surface area (Å²) in [5.41, 5.74) is 13.0. The summed E-state index contributed by atoms with van der Waals surface area (Å²) in [4.78, 5) is 0. The Morgan fingerprint density at radius 3 is 1.57 bits per heavy atom. The Morgan fingerprint density at radius 1 is 0.327 bits per heavy atom. The van der Waals surface area contributed by atoms with Gasteiger partial charge in [0.15, 0.2) is 0 Å². The first-order chi connectivity index (χ1) is 24.1. The van der Waals surface area contributed by atoms with E-state index in [4.69, 9.17) is 0 Å². The Morgan fingerprint density at radius 2 is 0.878 bits per heavy atom. The van der Waals surface area contributed by atoms with Gasteiger partial charge in [0.2, 0.25) is 0 Å². The third-order valence-electron chi connectivity index (χ3n) is 11.0. The standard InChI is InChI=1S/C49H34/c1-49(2)45-30-33(25-26-38(45)43-27-24-31-14-6-9-19-37(31)48(43)49)35-28-34-17-7-8-18-36(34)44(29-35)47-41-22-12-10-20-39(41)46(32-15-4-3-5-16-32)40-21-11-13-23-42(40)47/h3-30H,1-2H3. The second kappa shape index (κ2) is 10.5. The molecule has 9 aromatic carbocycles. The summed E-state index contributed by atoms with van der Waals surface area (Å²) in [6.45, 7) is 4.79. The van der Waals surface area contributed by atoms with Crippen molar-refractivity contribution in [2.75, 3.05) is 0 Å². The zero-order chi connectivity index (χ0) is 32.7. The number of fused-ring (bicyclic) bond motifs is 8. The van der Waals surface area contributed by atoms with Gasteiger partial charge in [0.05, 0.1) is 0 Å². The molecular weight excluding hydrogens is 589 g/mol. The molecule has 0 atom stereocenters. The van der Waals surface area contributed by atoms with E-state index in [0.29, 0.717) is 0 Å². The third-order valence-corrected chi connectivity index (χ3v) is 11.0. The number of rotatable bonds is 3. The van der Waals surface area contributed by atoms with Gasteiger partial charge in [0.1, 0.15) is 0 Å². The van der Waals surface area contributed by atoms with Gasteiger partial charge < -0.3 is 0 Å². The van der Waals surface area contributed by atoms with Crippen LogP contribution in [0.5, 0.6) is 0 Å². The highest BCUT2D eigenvalue weighted by Crippen LogP contribution is 2.53. The number of hydrogen-bond acceptors (Lipinski definition) is 0. The largest absolute Gasteiger partial charge is 0.0622 e. The van der Waals surface area contributed by atoms with E-state index in [0.717, 1.165) is 0 Å². The van der Waals surface area contributed by atoms with E-state index in [1.54, 1.807) is 0 Å². The minimum atomic E-state index is -0.110. The summed E-state index contributed by atoms with van der Waals surface area (Å²) in [6.07, 6.45) is 0. The van der Waals surface area contributed by atoms with E-state index in [1.165, 1.54) is 98.7 Å². The van der Waals surface area contributed by atoms with Crippen molar-refractivity contribution in [1.29, 1.82) is 0 Å². The van der Waals surface area contributed by atoms with Crippen LogP contribution in [0.15, 0.2) is 170 Å². The van der Waals surface area contributed by atoms with E-state index in [9.17, 15) is 0 Å². The molecular formula is C49H34. The minimum absolute atomic E-state index is 0.110. The maximum atomic E-state index is 2.46. The minimum Gasteiger partial charge on any atom is -0.0622 e. The van der Waals surface area contributed by atoms with Crippen LogP contribution in [-0.4, -0.2) is 0 Å². The highest BCUT2D eigenvalue weighted by molar-refractivity contribution is 6.23. The molecule has 0 N–H and O–H groups in total. The molecule has 1 aliphatic rings. The van der Waals surface area contributed by atoms with Crippen LogP contribution in [-0.2, 0) is 5.41 Å². The molecule has 0 heteroatoms. The molecule has 0 aliphatic heterocycles. The smallest absolute Gasteiger partial charge is 0.0165 e. The summed E-state index contributed by atoms with van der Waals surface area (Å²) < 4.78 is 0. The second-order valence-electron chi connectivity index (χ2n) is 14.0. The summed E-state index contributed by atoms with van der Waals surface area (Å²) >= 11 is 0. The number of benzene rings is 9. The zero-order valence-electron chi connectivity index (χ0n) is 27.7. The predicted octanol–water partition coefficient (Wildman–Crippen LogP) is 13.6. The summed E-state index contributed by atoms with van der Waals surface area (Å²) in [7, 11) is 0. The average Bonchev–Trinajstić information content (AvgIpc) is 3.39. The Balaban J connectivity index is 1.24. The molecule has 0 aromatic heterocycles. The Bertz CT molecular complexity index is 2720. The van der Waals surface area contributed by atoms with Crippen LogP contribution < -0.4 is 0 Å². The zero-order valence-corrected chi connectivity index (χ0v) is 27.7. The van der Waals surface area contributed by atoms with Gasteiger partial charge in [-0.15, -0.1) is 0 Å². The molecule has 9 aromatic rings. The Kier molecular flexibility index (Phi) is 6.02. The molecule has 49 heavy (non-hydrogen) atoms. The van der Waals surface area contributed by atoms with E-state index in [-0.39, 0.29) is 5.41 Å². The average molecular weight is 623 g/mol. The molecule has 0 nitrogen and oxygen atoms in total. The maximum Gasteiger partial charge on any atom is 0.0165 e. The van der Waals surface area contributed by atoms with Crippen molar-refractivity contribution >= 4 is 43.1 Å². The first kappa shape index (κ1) is 28.1. The molecule has 0 radical (unpaired) electrons. The van der Waals surface area contributed by atoms with E-state index in [2.05, 4.69) is 184 Å². The second-order valence-corrected chi connectivity index (χ2v) is 14.0.